The normalized spacial score (nSPS) is 39.6. The Morgan fingerprint density at radius 2 is 1.49 bits per heavy atom. The van der Waals surface area contributed by atoms with E-state index in [9.17, 15) is 29.1 Å². The van der Waals surface area contributed by atoms with E-state index in [1.165, 1.54) is 26.0 Å². The second-order valence-electron chi connectivity index (χ2n) is 14.4. The molecule has 0 aliphatic heterocycles. The van der Waals surface area contributed by atoms with Gasteiger partial charge in [0.2, 0.25) is 5.78 Å². The molecule has 4 saturated carbocycles. The van der Waals surface area contributed by atoms with Gasteiger partial charge in [0.25, 0.3) is 0 Å². The zero-order chi connectivity index (χ0) is 34.9. The Labute approximate surface area is 273 Å². The number of rotatable bonds is 7. The number of hydrogen-bond donors (Lipinski definition) is 1. The molecular weight excluding hydrogens is 612 g/mol. The van der Waals surface area contributed by atoms with Gasteiger partial charge in [-0.05, 0) is 55.1 Å². The predicted octanol–water partition coefficient (Wildman–Crippen LogP) is 3.35. The number of aliphatic hydroxyl groups is 1. The van der Waals surface area contributed by atoms with Crippen LogP contribution in [0.2, 0.25) is 0 Å². The summed E-state index contributed by atoms with van der Waals surface area (Å²) < 4.78 is 30.5. The highest BCUT2D eigenvalue weighted by Crippen LogP contribution is 2.74. The van der Waals surface area contributed by atoms with Crippen LogP contribution in [0.1, 0.15) is 85.0 Å². The summed E-state index contributed by atoms with van der Waals surface area (Å²) in [6.45, 7) is 11.9. The second-order valence-corrected chi connectivity index (χ2v) is 14.4. The first-order valence-electron chi connectivity index (χ1n) is 16.1. The lowest BCUT2D eigenvalue weighted by Gasteiger charge is -2.54. The van der Waals surface area contributed by atoms with E-state index in [0.717, 1.165) is 13.8 Å². The average molecular weight is 657 g/mol. The molecule has 0 saturated heterocycles. The van der Waals surface area contributed by atoms with Crippen molar-refractivity contribution in [3.05, 3.63) is 35.9 Å². The highest BCUT2D eigenvalue weighted by atomic mass is 16.6. The van der Waals surface area contributed by atoms with Crippen LogP contribution in [-0.4, -0.2) is 75.9 Å². The maximum atomic E-state index is 15.1. The highest BCUT2D eigenvalue weighted by Gasteiger charge is 2.85. The van der Waals surface area contributed by atoms with Crippen LogP contribution in [0.4, 0.5) is 0 Å². The first-order chi connectivity index (χ1) is 21.9. The zero-order valence-electron chi connectivity index (χ0n) is 28.1. The third-order valence-electron chi connectivity index (χ3n) is 11.0. The van der Waals surface area contributed by atoms with Crippen molar-refractivity contribution in [3.8, 4) is 0 Å². The summed E-state index contributed by atoms with van der Waals surface area (Å²) in [5.41, 5.74) is -7.22. The van der Waals surface area contributed by atoms with Crippen molar-refractivity contribution in [2.24, 2.45) is 35.0 Å². The predicted molar refractivity (Wildman–Crippen MR) is 162 cm³/mol. The summed E-state index contributed by atoms with van der Waals surface area (Å²) in [6.07, 6.45) is -4.42. The minimum atomic E-state index is -2.41. The second kappa shape index (κ2) is 11.7. The van der Waals surface area contributed by atoms with Gasteiger partial charge in [0.15, 0.2) is 17.3 Å². The summed E-state index contributed by atoms with van der Waals surface area (Å²) in [5, 5.41) is 12.7. The van der Waals surface area contributed by atoms with Crippen molar-refractivity contribution in [2.45, 2.75) is 110 Å². The topological polar surface area (TPSA) is 169 Å². The summed E-state index contributed by atoms with van der Waals surface area (Å²) >= 11 is 0. The van der Waals surface area contributed by atoms with Gasteiger partial charge < -0.3 is 28.8 Å². The number of ether oxygens (including phenoxy) is 5. The van der Waals surface area contributed by atoms with Crippen LogP contribution in [0, 0.1) is 35.0 Å². The maximum Gasteiger partial charge on any atom is 0.338 e. The van der Waals surface area contributed by atoms with Gasteiger partial charge >= 0.3 is 29.8 Å². The molecule has 5 rings (SSSR count). The van der Waals surface area contributed by atoms with E-state index in [2.05, 4.69) is 0 Å². The number of carbonyl (C=O) groups excluding carboxylic acids is 6. The van der Waals surface area contributed by atoms with E-state index < -0.39 is 99.8 Å². The Balaban J connectivity index is 1.90. The van der Waals surface area contributed by atoms with Crippen LogP contribution in [0.25, 0.3) is 0 Å². The van der Waals surface area contributed by atoms with Crippen molar-refractivity contribution in [3.63, 3.8) is 0 Å². The number of benzene rings is 1. The number of esters is 5. The van der Waals surface area contributed by atoms with Gasteiger partial charge in [-0.2, -0.15) is 0 Å². The Hall–Kier alpha value is -3.80. The molecule has 4 aliphatic carbocycles. The van der Waals surface area contributed by atoms with E-state index in [4.69, 9.17) is 23.7 Å². The van der Waals surface area contributed by atoms with E-state index in [0.29, 0.717) is 0 Å². The maximum absolute atomic E-state index is 15.1. The number of Topliss-reactive ketones (excluding diaryl/α,β-unsaturated/α-hetero) is 1. The molecule has 1 aromatic carbocycles. The van der Waals surface area contributed by atoms with Crippen molar-refractivity contribution in [2.75, 3.05) is 0 Å². The zero-order valence-corrected chi connectivity index (χ0v) is 28.1. The first-order valence-corrected chi connectivity index (χ1v) is 16.1. The summed E-state index contributed by atoms with van der Waals surface area (Å²) in [5.74, 6) is -9.02. The van der Waals surface area contributed by atoms with Gasteiger partial charge in [-0.1, -0.05) is 45.9 Å². The quantitative estimate of drug-likeness (QED) is 0.336. The SMILES string of the molecule is CCC(=O)O[C@@H]1[C@@H]2[C@@H](OC(=O)c3ccccc3)[C@@]3(OC(C)=O)[C@@H]([C@@H]4[C@H](C[C@H]3OC(C)=O)C4(C)C)[C@](C)(OC(C)=O)C(=O)[C@@]2(O)C[C@@H]1C. The van der Waals surface area contributed by atoms with Gasteiger partial charge in [0.05, 0.1) is 17.4 Å². The molecule has 0 spiro atoms. The number of carbonyl (C=O) groups is 6. The molecule has 0 bridgehead atoms. The summed E-state index contributed by atoms with van der Waals surface area (Å²) in [7, 11) is 0. The molecule has 0 aromatic heterocycles. The van der Waals surface area contributed by atoms with Crippen LogP contribution in [0.5, 0.6) is 0 Å². The van der Waals surface area contributed by atoms with Gasteiger partial charge in [0, 0.05) is 27.2 Å². The van der Waals surface area contributed by atoms with Gasteiger partial charge in [-0.25, -0.2) is 4.79 Å². The van der Waals surface area contributed by atoms with Crippen LogP contribution in [0.15, 0.2) is 30.3 Å². The lowest BCUT2D eigenvalue weighted by Crippen LogP contribution is -2.70. The van der Waals surface area contributed by atoms with Crippen molar-refractivity contribution in [1.82, 2.24) is 0 Å². The molecule has 1 N–H and O–H groups in total. The highest BCUT2D eigenvalue weighted by molar-refractivity contribution is 5.98. The average Bonchev–Trinajstić information content (AvgIpc) is 3.42. The molecular formula is C35H44O12. The Bertz CT molecular complexity index is 1490. The molecule has 0 amide bonds. The molecule has 0 radical (unpaired) electrons. The van der Waals surface area contributed by atoms with E-state index in [-0.39, 0.29) is 30.7 Å². The Morgan fingerprint density at radius 1 is 0.872 bits per heavy atom. The van der Waals surface area contributed by atoms with Crippen molar-refractivity contribution >= 4 is 35.6 Å². The van der Waals surface area contributed by atoms with Gasteiger partial charge in [0.1, 0.15) is 17.8 Å². The molecule has 0 heterocycles. The van der Waals surface area contributed by atoms with Crippen molar-refractivity contribution < 1.29 is 57.6 Å². The monoisotopic (exact) mass is 656 g/mol. The standard InChI is InChI=1S/C35H44O12/c1-9-24(39)44-27-17(2)16-34(42)26(27)29(45-30(40)21-13-11-10-12-14-21)35(47-20(5)38)23(43-18(3)36)15-22-25(32(22,6)7)28(35)33(8,31(34)41)46-19(4)37/h10-14,17,22-23,25-29,42H,9,15-16H2,1-8H3/t17-,22-,23+,25-,26+,27-,28-,29+,33-,34+,35-/m0/s1. The molecule has 1 aromatic rings. The van der Waals surface area contributed by atoms with Crippen LogP contribution in [-0.2, 0) is 47.7 Å². The van der Waals surface area contributed by atoms with E-state index >= 15 is 4.79 Å². The molecule has 4 fully saturated rings. The van der Waals surface area contributed by atoms with Gasteiger partial charge in [-0.3, -0.25) is 24.0 Å². The fourth-order valence-electron chi connectivity index (χ4n) is 9.35. The third kappa shape index (κ3) is 5.32. The van der Waals surface area contributed by atoms with Gasteiger partial charge in [-0.15, -0.1) is 0 Å². The van der Waals surface area contributed by atoms with E-state index in [1.54, 1.807) is 32.0 Å². The van der Waals surface area contributed by atoms with Crippen molar-refractivity contribution in [1.29, 1.82) is 0 Å². The smallest absolute Gasteiger partial charge is 0.338 e. The lowest BCUT2D eigenvalue weighted by atomic mass is 9.62. The van der Waals surface area contributed by atoms with Crippen LogP contribution >= 0.6 is 0 Å². The number of fused-ring (bicyclic) bond motifs is 4. The molecule has 47 heavy (non-hydrogen) atoms. The molecule has 4 aliphatic rings. The minimum absolute atomic E-state index is 0.0341. The molecule has 12 heteroatoms. The fraction of sp³-hybridized carbons (Fsp3) is 0.657. The number of ketones is 1. The molecule has 12 nitrogen and oxygen atoms in total. The molecule has 11 atom stereocenters. The van der Waals surface area contributed by atoms with Crippen LogP contribution < -0.4 is 0 Å². The van der Waals surface area contributed by atoms with E-state index in [1.807, 2.05) is 13.8 Å². The Kier molecular flexibility index (Phi) is 8.61. The lowest BCUT2D eigenvalue weighted by molar-refractivity contribution is -0.262. The largest absolute Gasteiger partial charge is 0.461 e. The Morgan fingerprint density at radius 3 is 2.04 bits per heavy atom. The minimum Gasteiger partial charge on any atom is -0.461 e. The fourth-order valence-corrected chi connectivity index (χ4v) is 9.35. The summed E-state index contributed by atoms with van der Waals surface area (Å²) in [6, 6.07) is 7.95. The van der Waals surface area contributed by atoms with Crippen LogP contribution in [0.3, 0.4) is 0 Å². The first kappa shape index (κ1) is 34.5. The number of hydrogen-bond acceptors (Lipinski definition) is 12. The molecule has 256 valence electrons. The third-order valence-corrected chi connectivity index (χ3v) is 11.0. The molecule has 0 unspecified atom stereocenters. The summed E-state index contributed by atoms with van der Waals surface area (Å²) in [4.78, 5) is 80.9.